The molecule has 2 aromatic carbocycles. The molecule has 132 valence electrons. The van der Waals surface area contributed by atoms with E-state index < -0.39 is 10.9 Å². The lowest BCUT2D eigenvalue weighted by atomic mass is 9.96. The summed E-state index contributed by atoms with van der Waals surface area (Å²) in [7, 11) is 0. The number of anilines is 2. The third-order valence-corrected chi connectivity index (χ3v) is 5.44. The molecule has 0 saturated heterocycles. The molecule has 0 bridgehead atoms. The molecule has 0 unspecified atom stereocenters. The van der Waals surface area contributed by atoms with Crippen LogP contribution in [0.3, 0.4) is 0 Å². The number of thiophene rings is 1. The number of benzene rings is 1. The van der Waals surface area contributed by atoms with Crippen molar-refractivity contribution in [2.24, 2.45) is 0 Å². The highest BCUT2D eigenvalue weighted by Gasteiger charge is 2.26. The van der Waals surface area contributed by atoms with Crippen molar-refractivity contribution in [3.8, 4) is 0 Å². The normalized spacial score (nSPS) is 13.6. The Morgan fingerprint density at radius 3 is 2.77 bits per heavy atom. The van der Waals surface area contributed by atoms with E-state index in [9.17, 15) is 14.4 Å². The van der Waals surface area contributed by atoms with Crippen LogP contribution in [0.25, 0.3) is 0 Å². The minimum atomic E-state index is -0.587. The Hall–Kier alpha value is -2.93. The topological polar surface area (TPSA) is 92.5 Å². The van der Waals surface area contributed by atoms with Gasteiger partial charge in [0, 0.05) is 30.6 Å². The molecular formula is C19H17N3O3S. The van der Waals surface area contributed by atoms with Crippen LogP contribution in [0.2, 0.25) is 0 Å². The first-order chi connectivity index (χ1) is 12.5. The summed E-state index contributed by atoms with van der Waals surface area (Å²) in [6.07, 6.45) is 0.787. The highest BCUT2D eigenvalue weighted by atomic mass is 32.1. The molecule has 0 aliphatic carbocycles. The summed E-state index contributed by atoms with van der Waals surface area (Å²) in [6.45, 7) is 1.64. The first kappa shape index (κ1) is 16.5. The number of nitrogen functional groups attached to an aromatic ring is 1. The SMILES string of the molecule is Nc1c(N2CCc3ccc(CNC(=O)c4ccsc4)cc3C2)c(=O)c1=O. The molecule has 1 aliphatic heterocycles. The number of carbonyl (C=O) groups is 1. The Morgan fingerprint density at radius 1 is 1.19 bits per heavy atom. The maximum absolute atomic E-state index is 12.1. The summed E-state index contributed by atoms with van der Waals surface area (Å²) in [5.41, 5.74) is 8.97. The number of carbonyl (C=O) groups excluding carboxylic acids is 1. The van der Waals surface area contributed by atoms with Gasteiger partial charge in [-0.2, -0.15) is 11.3 Å². The number of hydrogen-bond donors (Lipinski definition) is 2. The molecule has 1 aliphatic rings. The van der Waals surface area contributed by atoms with Crippen molar-refractivity contribution in [3.05, 3.63) is 77.7 Å². The summed E-state index contributed by atoms with van der Waals surface area (Å²) in [6, 6.07) is 7.90. The monoisotopic (exact) mass is 367 g/mol. The van der Waals surface area contributed by atoms with Crippen LogP contribution in [-0.4, -0.2) is 12.5 Å². The Labute approximate surface area is 153 Å². The third-order valence-electron chi connectivity index (χ3n) is 4.76. The van der Waals surface area contributed by atoms with Gasteiger partial charge in [0.1, 0.15) is 11.4 Å². The summed E-state index contributed by atoms with van der Waals surface area (Å²) >= 11 is 1.49. The fourth-order valence-corrected chi connectivity index (χ4v) is 3.94. The lowest BCUT2D eigenvalue weighted by Crippen LogP contribution is -2.44. The second kappa shape index (κ2) is 6.42. The van der Waals surface area contributed by atoms with Crippen LogP contribution in [0, 0.1) is 0 Å². The second-order valence-electron chi connectivity index (χ2n) is 6.39. The fraction of sp³-hybridized carbons (Fsp3) is 0.211. The Bertz CT molecular complexity index is 1050. The molecule has 6 nitrogen and oxygen atoms in total. The van der Waals surface area contributed by atoms with Crippen molar-refractivity contribution in [2.45, 2.75) is 19.5 Å². The summed E-state index contributed by atoms with van der Waals surface area (Å²) in [5, 5.41) is 6.60. The standard InChI is InChI=1S/C19H17N3O3S/c20-15-16(18(24)17(15)23)22-5-3-12-2-1-11(7-14(12)9-22)8-21-19(25)13-4-6-26-10-13/h1-2,4,6-7,10H,3,5,8-9,20H2,(H,21,25). The van der Waals surface area contributed by atoms with Crippen LogP contribution in [-0.2, 0) is 19.5 Å². The molecule has 0 fully saturated rings. The molecule has 0 radical (unpaired) electrons. The van der Waals surface area contributed by atoms with E-state index >= 15 is 0 Å². The van der Waals surface area contributed by atoms with Gasteiger partial charge in [0.05, 0.1) is 0 Å². The Balaban J connectivity index is 1.48. The molecule has 0 atom stereocenters. The number of nitrogens with zero attached hydrogens (tertiary/aromatic N) is 1. The van der Waals surface area contributed by atoms with E-state index in [-0.39, 0.29) is 11.6 Å². The predicted octanol–water partition coefficient (Wildman–Crippen LogP) is 1.42. The Kier molecular flexibility index (Phi) is 4.08. The number of hydrogen-bond acceptors (Lipinski definition) is 6. The summed E-state index contributed by atoms with van der Waals surface area (Å²) in [4.78, 5) is 37.1. The largest absolute Gasteiger partial charge is 0.394 e. The zero-order valence-corrected chi connectivity index (χ0v) is 14.8. The predicted molar refractivity (Wildman–Crippen MR) is 102 cm³/mol. The average molecular weight is 367 g/mol. The van der Waals surface area contributed by atoms with Gasteiger partial charge >= 0.3 is 0 Å². The minimum absolute atomic E-state index is 0.0673. The van der Waals surface area contributed by atoms with Gasteiger partial charge in [0.25, 0.3) is 16.8 Å². The van der Waals surface area contributed by atoms with E-state index in [1.807, 2.05) is 27.8 Å². The Morgan fingerprint density at radius 2 is 2.04 bits per heavy atom. The van der Waals surface area contributed by atoms with Gasteiger partial charge in [-0.05, 0) is 34.6 Å². The molecule has 1 aromatic heterocycles. The van der Waals surface area contributed by atoms with Crippen molar-refractivity contribution in [2.75, 3.05) is 17.2 Å². The second-order valence-corrected chi connectivity index (χ2v) is 7.17. The molecular weight excluding hydrogens is 350 g/mol. The minimum Gasteiger partial charge on any atom is -0.394 e. The van der Waals surface area contributed by atoms with Gasteiger partial charge in [-0.3, -0.25) is 14.4 Å². The molecule has 7 heteroatoms. The zero-order valence-electron chi connectivity index (χ0n) is 14.0. The highest BCUT2D eigenvalue weighted by Crippen LogP contribution is 2.26. The van der Waals surface area contributed by atoms with E-state index in [1.165, 1.54) is 16.9 Å². The lowest BCUT2D eigenvalue weighted by molar-refractivity contribution is 0.0951. The smallest absolute Gasteiger partial charge is 0.253 e. The van der Waals surface area contributed by atoms with Crippen LogP contribution >= 0.6 is 11.3 Å². The fourth-order valence-electron chi connectivity index (χ4n) is 3.30. The molecule has 2 heterocycles. The van der Waals surface area contributed by atoms with Gasteiger partial charge < -0.3 is 16.0 Å². The van der Waals surface area contributed by atoms with Gasteiger partial charge in [-0.1, -0.05) is 18.2 Å². The van der Waals surface area contributed by atoms with Crippen LogP contribution < -0.4 is 26.8 Å². The molecule has 3 aromatic rings. The number of fused-ring (bicyclic) bond motifs is 1. The molecule has 1 amide bonds. The van der Waals surface area contributed by atoms with E-state index in [0.717, 1.165) is 17.5 Å². The van der Waals surface area contributed by atoms with Gasteiger partial charge in [0.15, 0.2) is 0 Å². The molecule has 3 N–H and O–H groups in total. The first-order valence-electron chi connectivity index (χ1n) is 8.29. The van der Waals surface area contributed by atoms with Crippen LogP contribution in [0.15, 0.2) is 44.6 Å². The van der Waals surface area contributed by atoms with Crippen LogP contribution in [0.4, 0.5) is 11.4 Å². The van der Waals surface area contributed by atoms with Crippen LogP contribution in [0.5, 0.6) is 0 Å². The first-order valence-corrected chi connectivity index (χ1v) is 9.23. The molecule has 0 spiro atoms. The summed E-state index contributed by atoms with van der Waals surface area (Å²) in [5.74, 6) is -0.0953. The van der Waals surface area contributed by atoms with Crippen LogP contribution in [0.1, 0.15) is 27.0 Å². The van der Waals surface area contributed by atoms with E-state index in [0.29, 0.717) is 30.9 Å². The average Bonchev–Trinajstić information content (AvgIpc) is 3.20. The maximum atomic E-state index is 12.1. The number of nitrogens with two attached hydrogens (primary N) is 1. The van der Waals surface area contributed by atoms with Crippen molar-refractivity contribution in [3.63, 3.8) is 0 Å². The molecule has 26 heavy (non-hydrogen) atoms. The number of nitrogens with one attached hydrogen (secondary N) is 1. The van der Waals surface area contributed by atoms with E-state index in [2.05, 4.69) is 11.4 Å². The summed E-state index contributed by atoms with van der Waals surface area (Å²) < 4.78 is 0. The number of rotatable bonds is 4. The number of amides is 1. The third kappa shape index (κ3) is 2.80. The molecule has 0 saturated carbocycles. The maximum Gasteiger partial charge on any atom is 0.253 e. The van der Waals surface area contributed by atoms with Gasteiger partial charge in [0.2, 0.25) is 0 Å². The van der Waals surface area contributed by atoms with Gasteiger partial charge in [-0.25, -0.2) is 0 Å². The van der Waals surface area contributed by atoms with Crippen molar-refractivity contribution < 1.29 is 4.79 Å². The quantitative estimate of drug-likeness (QED) is 0.681. The zero-order chi connectivity index (χ0) is 18.3. The van der Waals surface area contributed by atoms with Crippen molar-refractivity contribution in [1.29, 1.82) is 0 Å². The molecule has 4 rings (SSSR count). The van der Waals surface area contributed by atoms with E-state index in [1.54, 1.807) is 6.07 Å². The van der Waals surface area contributed by atoms with Gasteiger partial charge in [-0.15, -0.1) is 0 Å². The lowest BCUT2D eigenvalue weighted by Gasteiger charge is -2.32. The van der Waals surface area contributed by atoms with E-state index in [4.69, 9.17) is 5.73 Å². The highest BCUT2D eigenvalue weighted by molar-refractivity contribution is 7.08. The van der Waals surface area contributed by atoms with Crippen molar-refractivity contribution in [1.82, 2.24) is 5.32 Å². The van der Waals surface area contributed by atoms with Crippen molar-refractivity contribution >= 4 is 28.6 Å².